The summed E-state index contributed by atoms with van der Waals surface area (Å²) in [5.74, 6) is 0.877. The van der Waals surface area contributed by atoms with Gasteiger partial charge in [0.2, 0.25) is 11.7 Å². The van der Waals surface area contributed by atoms with Gasteiger partial charge in [-0.15, -0.1) is 11.3 Å². The molecule has 6 heteroatoms. The van der Waals surface area contributed by atoms with E-state index in [1.807, 2.05) is 36.6 Å². The highest BCUT2D eigenvalue weighted by atomic mass is 32.1. The van der Waals surface area contributed by atoms with Crippen LogP contribution in [0.1, 0.15) is 22.4 Å². The number of hydrogen-bond acceptors (Lipinski definition) is 6. The zero-order chi connectivity index (χ0) is 13.2. The lowest BCUT2D eigenvalue weighted by Crippen LogP contribution is -2.10. The molecule has 0 aromatic carbocycles. The van der Waals surface area contributed by atoms with E-state index < -0.39 is 0 Å². The van der Waals surface area contributed by atoms with Gasteiger partial charge < -0.3 is 10.3 Å². The van der Waals surface area contributed by atoms with E-state index in [9.17, 15) is 0 Å². The SMILES string of the molecule is Cc1cccnc1-c1noc(C(N)c2cccs2)n1. The van der Waals surface area contributed by atoms with Crippen LogP contribution in [0.4, 0.5) is 0 Å². The second kappa shape index (κ2) is 4.91. The van der Waals surface area contributed by atoms with Crippen molar-refractivity contribution < 1.29 is 4.52 Å². The van der Waals surface area contributed by atoms with Gasteiger partial charge in [0.15, 0.2) is 0 Å². The van der Waals surface area contributed by atoms with E-state index in [-0.39, 0.29) is 6.04 Å². The standard InChI is InChI=1S/C13H12N4OS/c1-8-4-2-6-15-11(8)12-16-13(18-17-12)10(14)9-5-3-7-19-9/h2-7,10H,14H2,1H3. The van der Waals surface area contributed by atoms with E-state index in [1.54, 1.807) is 17.5 Å². The zero-order valence-corrected chi connectivity index (χ0v) is 11.1. The Kier molecular flexibility index (Phi) is 3.10. The van der Waals surface area contributed by atoms with E-state index in [0.29, 0.717) is 11.7 Å². The first-order valence-electron chi connectivity index (χ1n) is 5.80. The molecule has 3 aromatic heterocycles. The molecule has 0 amide bonds. The van der Waals surface area contributed by atoms with Crippen molar-refractivity contribution in [3.63, 3.8) is 0 Å². The van der Waals surface area contributed by atoms with Crippen LogP contribution >= 0.6 is 11.3 Å². The van der Waals surface area contributed by atoms with Crippen molar-refractivity contribution in [2.24, 2.45) is 5.73 Å². The second-order valence-electron chi connectivity index (χ2n) is 4.12. The molecule has 0 aliphatic rings. The molecule has 0 fully saturated rings. The van der Waals surface area contributed by atoms with E-state index in [0.717, 1.165) is 16.1 Å². The molecule has 1 unspecified atom stereocenters. The monoisotopic (exact) mass is 272 g/mol. The molecule has 0 aliphatic carbocycles. The van der Waals surface area contributed by atoms with Gasteiger partial charge >= 0.3 is 0 Å². The van der Waals surface area contributed by atoms with Crippen molar-refractivity contribution in [1.82, 2.24) is 15.1 Å². The Morgan fingerprint density at radius 1 is 1.32 bits per heavy atom. The molecule has 96 valence electrons. The van der Waals surface area contributed by atoms with Gasteiger partial charge in [0, 0.05) is 11.1 Å². The molecule has 3 rings (SSSR count). The fourth-order valence-electron chi connectivity index (χ4n) is 1.77. The largest absolute Gasteiger partial charge is 0.337 e. The molecule has 0 saturated carbocycles. The summed E-state index contributed by atoms with van der Waals surface area (Å²) in [6.07, 6.45) is 1.71. The van der Waals surface area contributed by atoms with E-state index in [4.69, 9.17) is 10.3 Å². The summed E-state index contributed by atoms with van der Waals surface area (Å²) >= 11 is 1.57. The topological polar surface area (TPSA) is 77.8 Å². The van der Waals surface area contributed by atoms with E-state index >= 15 is 0 Å². The molecular weight excluding hydrogens is 260 g/mol. The Balaban J connectivity index is 1.94. The van der Waals surface area contributed by atoms with Crippen molar-refractivity contribution in [3.05, 3.63) is 52.2 Å². The van der Waals surface area contributed by atoms with Crippen LogP contribution in [0.15, 0.2) is 40.4 Å². The van der Waals surface area contributed by atoms with Crippen molar-refractivity contribution in [1.29, 1.82) is 0 Å². The lowest BCUT2D eigenvalue weighted by atomic mass is 10.2. The quantitative estimate of drug-likeness (QED) is 0.792. The number of nitrogens with zero attached hydrogens (tertiary/aromatic N) is 3. The van der Waals surface area contributed by atoms with E-state index in [1.165, 1.54) is 0 Å². The normalized spacial score (nSPS) is 12.5. The summed E-state index contributed by atoms with van der Waals surface area (Å²) in [7, 11) is 0. The lowest BCUT2D eigenvalue weighted by molar-refractivity contribution is 0.368. The molecule has 3 aromatic rings. The van der Waals surface area contributed by atoms with Gasteiger partial charge in [-0.1, -0.05) is 17.3 Å². The van der Waals surface area contributed by atoms with Crippen LogP contribution in [-0.2, 0) is 0 Å². The van der Waals surface area contributed by atoms with Crippen molar-refractivity contribution in [3.8, 4) is 11.5 Å². The third-order valence-electron chi connectivity index (χ3n) is 2.78. The number of thiophene rings is 1. The third-order valence-corrected chi connectivity index (χ3v) is 3.73. The molecule has 19 heavy (non-hydrogen) atoms. The van der Waals surface area contributed by atoms with Gasteiger partial charge in [-0.05, 0) is 30.0 Å². The molecule has 5 nitrogen and oxygen atoms in total. The smallest absolute Gasteiger partial charge is 0.249 e. The highest BCUT2D eigenvalue weighted by molar-refractivity contribution is 7.10. The molecule has 3 heterocycles. The van der Waals surface area contributed by atoms with Crippen molar-refractivity contribution in [2.75, 3.05) is 0 Å². The van der Waals surface area contributed by atoms with Crippen LogP contribution in [0.25, 0.3) is 11.5 Å². The number of aryl methyl sites for hydroxylation is 1. The minimum atomic E-state index is -0.384. The van der Waals surface area contributed by atoms with Crippen LogP contribution < -0.4 is 5.73 Å². The summed E-state index contributed by atoms with van der Waals surface area (Å²) in [4.78, 5) is 9.59. The molecule has 0 aliphatic heterocycles. The highest BCUT2D eigenvalue weighted by Crippen LogP contribution is 2.24. The van der Waals surface area contributed by atoms with Crippen LogP contribution in [0, 0.1) is 6.92 Å². The van der Waals surface area contributed by atoms with Gasteiger partial charge in [0.25, 0.3) is 0 Å². The molecule has 0 bridgehead atoms. The average molecular weight is 272 g/mol. The molecule has 0 radical (unpaired) electrons. The van der Waals surface area contributed by atoms with Crippen LogP contribution in [0.2, 0.25) is 0 Å². The fraction of sp³-hybridized carbons (Fsp3) is 0.154. The first-order chi connectivity index (χ1) is 9.25. The first-order valence-corrected chi connectivity index (χ1v) is 6.68. The third kappa shape index (κ3) is 2.27. The molecule has 1 atom stereocenters. The van der Waals surface area contributed by atoms with Gasteiger partial charge in [-0.25, -0.2) is 0 Å². The Morgan fingerprint density at radius 3 is 2.95 bits per heavy atom. The summed E-state index contributed by atoms with van der Waals surface area (Å²) in [6.45, 7) is 1.96. The van der Waals surface area contributed by atoms with Gasteiger partial charge in [-0.2, -0.15) is 4.98 Å². The zero-order valence-electron chi connectivity index (χ0n) is 10.3. The van der Waals surface area contributed by atoms with Gasteiger partial charge in [-0.3, -0.25) is 4.98 Å². The predicted octanol–water partition coefficient (Wildman–Crippen LogP) is 2.55. The van der Waals surface area contributed by atoms with Crippen LogP contribution in [-0.4, -0.2) is 15.1 Å². The first kappa shape index (κ1) is 12.0. The predicted molar refractivity (Wildman–Crippen MR) is 72.6 cm³/mol. The maximum atomic E-state index is 6.08. The number of rotatable bonds is 3. The summed E-state index contributed by atoms with van der Waals surface area (Å²) in [6, 6.07) is 7.34. The molecule has 0 saturated heterocycles. The maximum absolute atomic E-state index is 6.08. The Hall–Kier alpha value is -2.05. The Morgan fingerprint density at radius 2 is 2.21 bits per heavy atom. The van der Waals surface area contributed by atoms with Gasteiger partial charge in [0.05, 0.1) is 0 Å². The number of nitrogens with two attached hydrogens (primary N) is 1. The van der Waals surface area contributed by atoms with E-state index in [2.05, 4.69) is 15.1 Å². The second-order valence-corrected chi connectivity index (χ2v) is 5.10. The summed E-state index contributed by atoms with van der Waals surface area (Å²) < 4.78 is 5.24. The minimum Gasteiger partial charge on any atom is -0.337 e. The molecular formula is C13H12N4OS. The summed E-state index contributed by atoms with van der Waals surface area (Å²) in [5, 5.41) is 5.92. The lowest BCUT2D eigenvalue weighted by Gasteiger charge is -2.01. The number of hydrogen-bond donors (Lipinski definition) is 1. The Bertz CT molecular complexity index is 678. The number of pyridine rings is 1. The average Bonchev–Trinajstić information content (AvgIpc) is 3.10. The Labute approximate surface area is 114 Å². The molecule has 2 N–H and O–H groups in total. The van der Waals surface area contributed by atoms with Gasteiger partial charge in [0.1, 0.15) is 11.7 Å². The number of aromatic nitrogens is 3. The minimum absolute atomic E-state index is 0.384. The maximum Gasteiger partial charge on any atom is 0.249 e. The highest BCUT2D eigenvalue weighted by Gasteiger charge is 2.19. The fourth-order valence-corrected chi connectivity index (χ4v) is 2.49. The van der Waals surface area contributed by atoms with Crippen LogP contribution in [0.3, 0.4) is 0 Å². The van der Waals surface area contributed by atoms with Crippen LogP contribution in [0.5, 0.6) is 0 Å². The van der Waals surface area contributed by atoms with Crippen molar-refractivity contribution in [2.45, 2.75) is 13.0 Å². The molecule has 0 spiro atoms. The van der Waals surface area contributed by atoms with Crippen molar-refractivity contribution >= 4 is 11.3 Å². The summed E-state index contributed by atoms with van der Waals surface area (Å²) in [5.41, 5.74) is 7.80.